The number of hydrogen-bond donors (Lipinski definition) is 1. The molecule has 0 spiro atoms. The van der Waals surface area contributed by atoms with Gasteiger partial charge in [-0.05, 0) is 44.0 Å². The van der Waals surface area contributed by atoms with Crippen LogP contribution in [0.15, 0.2) is 25.6 Å². The maximum absolute atomic E-state index is 11.2. The summed E-state index contributed by atoms with van der Waals surface area (Å²) in [4.78, 5) is 21.4. The molecule has 0 fully saturated rings. The Kier molecular flexibility index (Phi) is 4.94. The highest BCUT2D eigenvalue weighted by atomic mass is 79.9. The third-order valence-electron chi connectivity index (χ3n) is 1.47. The van der Waals surface area contributed by atoms with Crippen molar-refractivity contribution in [3.8, 4) is 5.75 Å². The summed E-state index contributed by atoms with van der Waals surface area (Å²) in [5.74, 6) is -1.79. The van der Waals surface area contributed by atoms with E-state index in [4.69, 9.17) is 9.84 Å². The second-order valence-electron chi connectivity index (χ2n) is 2.74. The van der Waals surface area contributed by atoms with Crippen molar-refractivity contribution in [2.75, 3.05) is 0 Å². The van der Waals surface area contributed by atoms with Gasteiger partial charge < -0.3 is 9.84 Å². The van der Waals surface area contributed by atoms with Crippen LogP contribution in [-0.4, -0.2) is 17.0 Å². The summed E-state index contributed by atoms with van der Waals surface area (Å²) in [5.41, 5.74) is 0. The number of hydrogen-bond acceptors (Lipinski definition) is 3. The highest BCUT2D eigenvalue weighted by molar-refractivity contribution is 9.11. The van der Waals surface area contributed by atoms with Crippen LogP contribution in [0.25, 0.3) is 0 Å². The van der Waals surface area contributed by atoms with E-state index in [2.05, 4.69) is 47.8 Å². The van der Waals surface area contributed by atoms with E-state index in [1.165, 1.54) is 0 Å². The molecule has 1 rings (SSSR count). The minimum atomic E-state index is -1.23. The van der Waals surface area contributed by atoms with E-state index in [0.717, 1.165) is 4.47 Å². The second kappa shape index (κ2) is 5.79. The van der Waals surface area contributed by atoms with Crippen molar-refractivity contribution in [1.82, 2.24) is 0 Å². The van der Waals surface area contributed by atoms with Gasteiger partial charge in [-0.2, -0.15) is 0 Å². The van der Waals surface area contributed by atoms with E-state index in [1.54, 1.807) is 12.1 Å². The van der Waals surface area contributed by atoms with Crippen LogP contribution in [0.1, 0.15) is 6.42 Å². The molecule has 0 aliphatic heterocycles. The summed E-state index contributed by atoms with van der Waals surface area (Å²) in [6.07, 6.45) is -0.672. The first-order valence-corrected chi connectivity index (χ1v) is 6.35. The lowest BCUT2D eigenvalue weighted by molar-refractivity contribution is -0.145. The number of carboxylic acids is 1. The molecule has 0 saturated carbocycles. The van der Waals surface area contributed by atoms with Crippen molar-refractivity contribution in [3.05, 3.63) is 25.6 Å². The topological polar surface area (TPSA) is 63.6 Å². The molecule has 0 atom stereocenters. The predicted octanol–water partition coefficient (Wildman–Crippen LogP) is 3.35. The van der Waals surface area contributed by atoms with E-state index in [0.29, 0.717) is 8.95 Å². The summed E-state index contributed by atoms with van der Waals surface area (Å²) in [7, 11) is 0. The lowest BCUT2D eigenvalue weighted by Gasteiger charge is -2.08. The maximum atomic E-state index is 11.2. The molecule has 0 unspecified atom stereocenters. The van der Waals surface area contributed by atoms with Gasteiger partial charge in [-0.25, -0.2) is 0 Å². The van der Waals surface area contributed by atoms with Gasteiger partial charge in [0.05, 0.1) is 8.95 Å². The van der Waals surface area contributed by atoms with Crippen molar-refractivity contribution in [3.63, 3.8) is 0 Å². The van der Waals surface area contributed by atoms with Crippen molar-refractivity contribution in [1.29, 1.82) is 0 Å². The number of esters is 1. The lowest BCUT2D eigenvalue weighted by Crippen LogP contribution is -2.13. The Morgan fingerprint density at radius 1 is 1.19 bits per heavy atom. The molecule has 1 aromatic rings. The molecular weight excluding hydrogens is 412 g/mol. The molecule has 1 aromatic carbocycles. The fraction of sp³-hybridized carbons (Fsp3) is 0.111. The van der Waals surface area contributed by atoms with E-state index in [9.17, 15) is 9.59 Å². The highest BCUT2D eigenvalue weighted by Crippen LogP contribution is 2.36. The van der Waals surface area contributed by atoms with Crippen LogP contribution in [0.3, 0.4) is 0 Å². The average Bonchev–Trinajstić information content (AvgIpc) is 2.09. The molecule has 7 heteroatoms. The fourth-order valence-electron chi connectivity index (χ4n) is 0.900. The van der Waals surface area contributed by atoms with Crippen LogP contribution in [0.4, 0.5) is 0 Å². The van der Waals surface area contributed by atoms with Gasteiger partial charge in [0, 0.05) is 4.47 Å². The molecule has 86 valence electrons. The van der Waals surface area contributed by atoms with E-state index in [1.807, 2.05) is 0 Å². The zero-order chi connectivity index (χ0) is 12.3. The molecule has 0 amide bonds. The Balaban J connectivity index is 2.89. The Bertz CT molecular complexity index is 421. The third kappa shape index (κ3) is 3.88. The summed E-state index contributed by atoms with van der Waals surface area (Å²) in [5, 5.41) is 8.41. The lowest BCUT2D eigenvalue weighted by atomic mass is 10.3. The monoisotopic (exact) mass is 414 g/mol. The molecule has 1 N–H and O–H groups in total. The number of carboxylic acid groups (broad SMARTS) is 1. The second-order valence-corrected chi connectivity index (χ2v) is 5.37. The van der Waals surface area contributed by atoms with Gasteiger partial charge in [0.25, 0.3) is 0 Å². The van der Waals surface area contributed by atoms with Gasteiger partial charge in [0.15, 0.2) is 5.75 Å². The molecule has 0 heterocycles. The number of carbonyl (C=O) groups excluding carboxylic acids is 1. The van der Waals surface area contributed by atoms with Gasteiger partial charge in [-0.15, -0.1) is 0 Å². The number of benzene rings is 1. The average molecular weight is 417 g/mol. The number of carbonyl (C=O) groups is 2. The zero-order valence-corrected chi connectivity index (χ0v) is 12.4. The van der Waals surface area contributed by atoms with Crippen LogP contribution in [0.2, 0.25) is 0 Å². The van der Waals surface area contributed by atoms with E-state index in [-0.39, 0.29) is 5.75 Å². The molecule has 0 aromatic heterocycles. The molecule has 0 radical (unpaired) electrons. The summed E-state index contributed by atoms with van der Waals surface area (Å²) >= 11 is 9.68. The standard InChI is InChI=1S/C9H5Br3O4/c10-4-1-5(11)9(6(12)2-4)16-8(15)3-7(13)14/h1-2H,3H2,(H,13,14). The van der Waals surface area contributed by atoms with Crippen LogP contribution in [-0.2, 0) is 9.59 Å². The molecule has 16 heavy (non-hydrogen) atoms. The first-order chi connectivity index (χ1) is 7.40. The molecule has 0 saturated heterocycles. The van der Waals surface area contributed by atoms with E-state index < -0.39 is 18.4 Å². The molecule has 4 nitrogen and oxygen atoms in total. The first-order valence-electron chi connectivity index (χ1n) is 3.97. The maximum Gasteiger partial charge on any atom is 0.322 e. The van der Waals surface area contributed by atoms with Crippen LogP contribution >= 0.6 is 47.8 Å². The molecule has 0 bridgehead atoms. The SMILES string of the molecule is O=C(O)CC(=O)Oc1c(Br)cc(Br)cc1Br. The van der Waals surface area contributed by atoms with Gasteiger partial charge in [0.1, 0.15) is 6.42 Å². The molecule has 0 aliphatic rings. The fourth-order valence-corrected chi connectivity index (χ4v) is 3.32. The van der Waals surface area contributed by atoms with Gasteiger partial charge in [-0.1, -0.05) is 15.9 Å². The van der Waals surface area contributed by atoms with E-state index >= 15 is 0 Å². The summed E-state index contributed by atoms with van der Waals surface area (Å²) in [6, 6.07) is 3.38. The number of aliphatic carboxylic acids is 1. The van der Waals surface area contributed by atoms with Crippen LogP contribution in [0, 0.1) is 0 Å². The quantitative estimate of drug-likeness (QED) is 0.466. The van der Waals surface area contributed by atoms with Crippen molar-refractivity contribution in [2.24, 2.45) is 0 Å². The Labute approximate surface area is 116 Å². The minimum absolute atomic E-state index is 0.259. The number of halogens is 3. The number of rotatable bonds is 3. The largest absolute Gasteiger partial charge is 0.481 e. The Morgan fingerprint density at radius 3 is 2.12 bits per heavy atom. The van der Waals surface area contributed by atoms with Gasteiger partial charge >= 0.3 is 11.9 Å². The van der Waals surface area contributed by atoms with Gasteiger partial charge in [0.2, 0.25) is 0 Å². The number of ether oxygens (including phenoxy) is 1. The highest BCUT2D eigenvalue weighted by Gasteiger charge is 2.15. The van der Waals surface area contributed by atoms with Gasteiger partial charge in [-0.3, -0.25) is 9.59 Å². The first kappa shape index (κ1) is 13.7. The van der Waals surface area contributed by atoms with Crippen LogP contribution in [0.5, 0.6) is 5.75 Å². The summed E-state index contributed by atoms with van der Waals surface area (Å²) in [6.45, 7) is 0. The van der Waals surface area contributed by atoms with Crippen molar-refractivity contribution >= 4 is 59.7 Å². The minimum Gasteiger partial charge on any atom is -0.481 e. The Morgan fingerprint density at radius 2 is 1.69 bits per heavy atom. The molecular formula is C9H5Br3O4. The third-order valence-corrected chi connectivity index (χ3v) is 3.11. The van der Waals surface area contributed by atoms with Crippen LogP contribution < -0.4 is 4.74 Å². The summed E-state index contributed by atoms with van der Waals surface area (Å²) < 4.78 is 6.80. The van der Waals surface area contributed by atoms with Crippen molar-refractivity contribution < 1.29 is 19.4 Å². The van der Waals surface area contributed by atoms with Crippen molar-refractivity contribution in [2.45, 2.75) is 6.42 Å². The Hall–Kier alpha value is -0.400. The zero-order valence-electron chi connectivity index (χ0n) is 7.67. The molecule has 0 aliphatic carbocycles. The normalized spacial score (nSPS) is 9.94. The smallest absolute Gasteiger partial charge is 0.322 e. The predicted molar refractivity (Wildman–Crippen MR) is 67.4 cm³/mol.